The average molecular weight is 317 g/mol. The van der Waals surface area contributed by atoms with Crippen molar-refractivity contribution in [3.63, 3.8) is 0 Å². The van der Waals surface area contributed by atoms with Gasteiger partial charge in [0.15, 0.2) is 9.84 Å². The van der Waals surface area contributed by atoms with Crippen LogP contribution in [0.1, 0.15) is 16.7 Å². The minimum atomic E-state index is -3.49. The molecule has 116 valence electrons. The molecule has 2 aromatic carbocycles. The number of anilines is 1. The molecule has 0 spiro atoms. The van der Waals surface area contributed by atoms with Gasteiger partial charge in [0.1, 0.15) is 5.75 Å². The van der Waals surface area contributed by atoms with Crippen molar-refractivity contribution in [1.82, 2.24) is 0 Å². The molecule has 0 radical (unpaired) electrons. The number of rotatable bonds is 5. The molecule has 0 aliphatic heterocycles. The molecule has 0 fully saturated rings. The highest BCUT2D eigenvalue weighted by molar-refractivity contribution is 7.91. The highest BCUT2D eigenvalue weighted by atomic mass is 32.2. The third kappa shape index (κ3) is 5.00. The van der Waals surface area contributed by atoms with Crippen LogP contribution in [0, 0.1) is 13.8 Å². The Morgan fingerprint density at radius 2 is 1.41 bits per heavy atom. The Hall–Kier alpha value is -2.14. The Bertz CT molecular complexity index is 747. The van der Waals surface area contributed by atoms with Gasteiger partial charge < -0.3 is 5.32 Å². The van der Waals surface area contributed by atoms with Crippen molar-refractivity contribution in [2.45, 2.75) is 19.6 Å². The fraction of sp³-hybridized carbons (Fsp3) is 0.235. The van der Waals surface area contributed by atoms with Gasteiger partial charge in [-0.3, -0.25) is 4.79 Å². The zero-order valence-corrected chi connectivity index (χ0v) is 13.5. The third-order valence-electron chi connectivity index (χ3n) is 3.19. The van der Waals surface area contributed by atoms with E-state index in [1.807, 2.05) is 38.1 Å². The van der Waals surface area contributed by atoms with Crippen molar-refractivity contribution in [3.05, 3.63) is 65.2 Å². The predicted molar refractivity (Wildman–Crippen MR) is 88.5 cm³/mol. The summed E-state index contributed by atoms with van der Waals surface area (Å²) in [4.78, 5) is 11.9. The highest BCUT2D eigenvalue weighted by Crippen LogP contribution is 2.11. The second-order valence-electron chi connectivity index (χ2n) is 5.43. The molecule has 0 saturated heterocycles. The second kappa shape index (κ2) is 6.75. The van der Waals surface area contributed by atoms with Gasteiger partial charge in [0, 0.05) is 5.69 Å². The third-order valence-corrected chi connectivity index (χ3v) is 4.67. The van der Waals surface area contributed by atoms with Gasteiger partial charge >= 0.3 is 0 Å². The van der Waals surface area contributed by atoms with E-state index in [1.165, 1.54) is 0 Å². The molecular weight excluding hydrogens is 298 g/mol. The van der Waals surface area contributed by atoms with E-state index in [0.29, 0.717) is 11.3 Å². The van der Waals surface area contributed by atoms with E-state index >= 15 is 0 Å². The largest absolute Gasteiger partial charge is 0.325 e. The first-order chi connectivity index (χ1) is 10.3. The van der Waals surface area contributed by atoms with Crippen LogP contribution in [0.2, 0.25) is 0 Å². The van der Waals surface area contributed by atoms with Crippen LogP contribution in [0.5, 0.6) is 0 Å². The van der Waals surface area contributed by atoms with E-state index in [0.717, 1.165) is 11.1 Å². The zero-order chi connectivity index (χ0) is 16.2. The molecule has 0 unspecified atom stereocenters. The number of carbonyl (C=O) groups excluding carboxylic acids is 1. The van der Waals surface area contributed by atoms with E-state index in [1.54, 1.807) is 24.3 Å². The lowest BCUT2D eigenvalue weighted by Crippen LogP contribution is -2.23. The van der Waals surface area contributed by atoms with Gasteiger partial charge in [-0.1, -0.05) is 47.5 Å². The van der Waals surface area contributed by atoms with Crippen LogP contribution < -0.4 is 5.32 Å². The van der Waals surface area contributed by atoms with Crippen molar-refractivity contribution in [2.75, 3.05) is 11.1 Å². The van der Waals surface area contributed by atoms with E-state index < -0.39 is 21.5 Å². The second-order valence-corrected chi connectivity index (χ2v) is 7.50. The summed E-state index contributed by atoms with van der Waals surface area (Å²) in [5, 5.41) is 2.60. The van der Waals surface area contributed by atoms with Crippen molar-refractivity contribution >= 4 is 21.4 Å². The molecule has 2 aromatic rings. The minimum Gasteiger partial charge on any atom is -0.325 e. The molecule has 0 saturated carbocycles. The number of amides is 1. The Morgan fingerprint density at radius 3 is 1.95 bits per heavy atom. The van der Waals surface area contributed by atoms with Crippen molar-refractivity contribution < 1.29 is 13.2 Å². The van der Waals surface area contributed by atoms with Crippen LogP contribution in [0.4, 0.5) is 5.69 Å². The van der Waals surface area contributed by atoms with Crippen LogP contribution in [0.25, 0.3) is 0 Å². The van der Waals surface area contributed by atoms with E-state index in [2.05, 4.69) is 5.32 Å². The number of hydrogen-bond donors (Lipinski definition) is 1. The van der Waals surface area contributed by atoms with Crippen LogP contribution in [0.15, 0.2) is 48.5 Å². The molecule has 0 heterocycles. The smallest absolute Gasteiger partial charge is 0.239 e. The Morgan fingerprint density at radius 1 is 0.909 bits per heavy atom. The summed E-state index contributed by atoms with van der Waals surface area (Å²) in [7, 11) is -3.49. The van der Waals surface area contributed by atoms with Crippen molar-refractivity contribution in [2.24, 2.45) is 0 Å². The maximum absolute atomic E-state index is 12.1. The first kappa shape index (κ1) is 16.2. The monoisotopic (exact) mass is 317 g/mol. The highest BCUT2D eigenvalue weighted by Gasteiger charge is 2.17. The van der Waals surface area contributed by atoms with Crippen LogP contribution in [0.3, 0.4) is 0 Å². The molecular formula is C17H19NO3S. The summed E-state index contributed by atoms with van der Waals surface area (Å²) in [5.74, 6) is -1.17. The van der Waals surface area contributed by atoms with Gasteiger partial charge in [-0.25, -0.2) is 8.42 Å². The lowest BCUT2D eigenvalue weighted by molar-refractivity contribution is -0.113. The maximum atomic E-state index is 12.1. The molecule has 1 amide bonds. The van der Waals surface area contributed by atoms with Crippen LogP contribution in [-0.4, -0.2) is 20.1 Å². The molecule has 2 rings (SSSR count). The van der Waals surface area contributed by atoms with Crippen molar-refractivity contribution in [1.29, 1.82) is 0 Å². The SMILES string of the molecule is Cc1ccc(CS(=O)(=O)CC(=O)Nc2ccc(C)cc2)cc1. The van der Waals surface area contributed by atoms with Crippen LogP contribution in [-0.2, 0) is 20.4 Å². The summed E-state index contributed by atoms with van der Waals surface area (Å²) in [6, 6.07) is 14.5. The van der Waals surface area contributed by atoms with E-state index in [9.17, 15) is 13.2 Å². The lowest BCUT2D eigenvalue weighted by Gasteiger charge is -2.07. The fourth-order valence-electron chi connectivity index (χ4n) is 2.02. The average Bonchev–Trinajstić information content (AvgIpc) is 2.43. The molecule has 0 aliphatic carbocycles. The normalized spacial score (nSPS) is 11.2. The summed E-state index contributed by atoms with van der Waals surface area (Å²) in [6.07, 6.45) is 0. The molecule has 1 N–H and O–H groups in total. The molecule has 0 aromatic heterocycles. The Kier molecular flexibility index (Phi) is 4.98. The van der Waals surface area contributed by atoms with E-state index in [-0.39, 0.29) is 5.75 Å². The van der Waals surface area contributed by atoms with Crippen molar-refractivity contribution in [3.8, 4) is 0 Å². The molecule has 5 heteroatoms. The summed E-state index contributed by atoms with van der Waals surface area (Å²) >= 11 is 0. The number of sulfone groups is 1. The number of carbonyl (C=O) groups is 1. The predicted octanol–water partition coefficient (Wildman–Crippen LogP) is 2.86. The van der Waals surface area contributed by atoms with E-state index in [4.69, 9.17) is 0 Å². The summed E-state index contributed by atoms with van der Waals surface area (Å²) in [5.41, 5.74) is 3.43. The van der Waals surface area contributed by atoms with Gasteiger partial charge in [-0.15, -0.1) is 0 Å². The standard InChI is InChI=1S/C17H19NO3S/c1-13-3-7-15(8-4-13)11-22(20,21)12-17(19)18-16-9-5-14(2)6-10-16/h3-10H,11-12H2,1-2H3,(H,18,19). The van der Waals surface area contributed by atoms with Gasteiger partial charge in [-0.2, -0.15) is 0 Å². The lowest BCUT2D eigenvalue weighted by atomic mass is 10.2. The first-order valence-corrected chi connectivity index (χ1v) is 8.79. The molecule has 4 nitrogen and oxygen atoms in total. The molecule has 0 bridgehead atoms. The Balaban J connectivity index is 1.97. The van der Waals surface area contributed by atoms with Crippen LogP contribution >= 0.6 is 0 Å². The first-order valence-electron chi connectivity index (χ1n) is 6.96. The minimum absolute atomic E-state index is 0.130. The van der Waals surface area contributed by atoms with Gasteiger partial charge in [0.25, 0.3) is 0 Å². The molecule has 0 atom stereocenters. The number of hydrogen-bond acceptors (Lipinski definition) is 3. The fourth-order valence-corrected chi connectivity index (χ4v) is 3.30. The Labute approximate surface area is 131 Å². The van der Waals surface area contributed by atoms with Gasteiger partial charge in [0.05, 0.1) is 5.75 Å². The topological polar surface area (TPSA) is 63.2 Å². The summed E-state index contributed by atoms with van der Waals surface area (Å²) in [6.45, 7) is 3.88. The molecule has 0 aliphatic rings. The molecule has 22 heavy (non-hydrogen) atoms. The number of benzene rings is 2. The number of aryl methyl sites for hydroxylation is 2. The quantitative estimate of drug-likeness (QED) is 0.922. The number of nitrogens with one attached hydrogen (secondary N) is 1. The van der Waals surface area contributed by atoms with Gasteiger partial charge in [-0.05, 0) is 31.5 Å². The zero-order valence-electron chi connectivity index (χ0n) is 12.7. The van der Waals surface area contributed by atoms with Gasteiger partial charge in [0.2, 0.25) is 5.91 Å². The maximum Gasteiger partial charge on any atom is 0.239 e. The summed E-state index contributed by atoms with van der Waals surface area (Å²) < 4.78 is 24.2.